The van der Waals surface area contributed by atoms with Crippen LogP contribution < -0.4 is 10.9 Å². The highest BCUT2D eigenvalue weighted by atomic mass is 32.1. The van der Waals surface area contributed by atoms with Crippen LogP contribution in [-0.4, -0.2) is 4.98 Å². The fraction of sp³-hybridized carbons (Fsp3) is 0. The van der Waals surface area contributed by atoms with E-state index >= 15 is 0 Å². The topological polar surface area (TPSA) is 49.9 Å². The van der Waals surface area contributed by atoms with Crippen LogP contribution in [0.2, 0.25) is 0 Å². The van der Waals surface area contributed by atoms with Gasteiger partial charge in [-0.3, -0.25) is 9.59 Å². The largest absolute Gasteiger partial charge is 0.353 e. The van der Waals surface area contributed by atoms with Crippen molar-refractivity contribution in [2.24, 2.45) is 0 Å². The number of H-pyrrole nitrogens is 1. The van der Waals surface area contributed by atoms with Crippen molar-refractivity contribution < 1.29 is 0 Å². The maximum atomic E-state index is 12.3. The van der Waals surface area contributed by atoms with Gasteiger partial charge in [0.2, 0.25) is 10.9 Å². The summed E-state index contributed by atoms with van der Waals surface area (Å²) in [6, 6.07) is 15.0. The third kappa shape index (κ3) is 1.45. The number of hydrogen-bond acceptors (Lipinski definition) is 3. The number of aromatic nitrogens is 1. The minimum atomic E-state index is -0.425. The van der Waals surface area contributed by atoms with Gasteiger partial charge in [0.1, 0.15) is 4.53 Å². The molecule has 2 aliphatic rings. The molecule has 0 atom stereocenters. The van der Waals surface area contributed by atoms with Gasteiger partial charge in [-0.1, -0.05) is 36.4 Å². The summed E-state index contributed by atoms with van der Waals surface area (Å²) in [5.74, 6) is 0. The summed E-state index contributed by atoms with van der Waals surface area (Å²) in [6.45, 7) is 0. The molecule has 0 unspecified atom stereocenters. The zero-order chi connectivity index (χ0) is 13.7. The number of hydrogen-bond donors (Lipinski definition) is 1. The van der Waals surface area contributed by atoms with Crippen LogP contribution in [0.4, 0.5) is 0 Å². The van der Waals surface area contributed by atoms with Crippen LogP contribution in [0, 0.1) is 9.88 Å². The van der Waals surface area contributed by atoms with Gasteiger partial charge in [0.25, 0.3) is 0 Å². The lowest BCUT2D eigenvalue weighted by molar-refractivity contribution is 1.32. The zero-order valence-electron chi connectivity index (χ0n) is 10.3. The fourth-order valence-corrected chi connectivity index (χ4v) is 3.53. The first-order valence-corrected chi connectivity index (χ1v) is 7.04. The minimum absolute atomic E-state index is 0.423. The van der Waals surface area contributed by atoms with E-state index in [1.165, 1.54) is 11.3 Å². The van der Waals surface area contributed by atoms with Gasteiger partial charge in [-0.15, -0.1) is 11.3 Å². The van der Waals surface area contributed by atoms with Crippen LogP contribution in [0.15, 0.2) is 58.1 Å². The summed E-state index contributed by atoms with van der Waals surface area (Å²) >= 11 is 1.36. The van der Waals surface area contributed by atoms with Crippen LogP contribution in [0.1, 0.15) is 0 Å². The van der Waals surface area contributed by atoms with Crippen LogP contribution >= 0.6 is 11.3 Å². The van der Waals surface area contributed by atoms with E-state index in [0.717, 1.165) is 21.0 Å². The van der Waals surface area contributed by atoms with Crippen molar-refractivity contribution in [3.05, 3.63) is 78.9 Å². The summed E-state index contributed by atoms with van der Waals surface area (Å²) in [4.78, 5) is 27.7. The van der Waals surface area contributed by atoms with E-state index in [-0.39, 0.29) is 0 Å². The van der Waals surface area contributed by atoms with Crippen LogP contribution in [0.5, 0.6) is 0 Å². The van der Waals surface area contributed by atoms with Gasteiger partial charge < -0.3 is 4.98 Å². The molecule has 0 spiro atoms. The van der Waals surface area contributed by atoms with Crippen molar-refractivity contribution in [3.63, 3.8) is 0 Å². The van der Waals surface area contributed by atoms with Crippen molar-refractivity contribution in [2.75, 3.05) is 0 Å². The van der Waals surface area contributed by atoms with Gasteiger partial charge in [0.15, 0.2) is 0 Å². The predicted molar refractivity (Wildman–Crippen MR) is 81.5 cm³/mol. The fourth-order valence-electron chi connectivity index (χ4n) is 2.49. The Morgan fingerprint density at radius 3 is 2.35 bits per heavy atom. The third-order valence-electron chi connectivity index (χ3n) is 3.44. The Balaban J connectivity index is 2.47. The molecule has 4 heteroatoms. The van der Waals surface area contributed by atoms with E-state index in [9.17, 15) is 9.59 Å². The molecule has 0 bridgehead atoms. The maximum absolute atomic E-state index is 12.3. The molecule has 96 valence electrons. The monoisotopic (exact) mass is 279 g/mol. The lowest BCUT2D eigenvalue weighted by Crippen LogP contribution is -2.24. The molecule has 20 heavy (non-hydrogen) atoms. The van der Waals surface area contributed by atoms with Gasteiger partial charge >= 0.3 is 0 Å². The van der Waals surface area contributed by atoms with Gasteiger partial charge in [-0.05, 0) is 12.1 Å². The molecule has 2 aromatic carbocycles. The molecule has 2 aromatic rings. The van der Waals surface area contributed by atoms with Gasteiger partial charge in [0.05, 0.1) is 15.6 Å². The van der Waals surface area contributed by atoms with E-state index in [4.69, 9.17) is 0 Å². The summed E-state index contributed by atoms with van der Waals surface area (Å²) in [5.41, 5.74) is 0.118. The first-order valence-electron chi connectivity index (χ1n) is 6.22. The Morgan fingerprint density at radius 1 is 0.800 bits per heavy atom. The number of fused-ring (bicyclic) bond motifs is 3. The number of para-hydroxylation sites is 1. The Kier molecular flexibility index (Phi) is 2.28. The van der Waals surface area contributed by atoms with Crippen molar-refractivity contribution in [3.8, 4) is 0 Å². The molecule has 1 aliphatic carbocycles. The number of nitrogens with one attached hydrogen (secondary N) is 1. The molecule has 0 radical (unpaired) electrons. The molecule has 3 nitrogen and oxygen atoms in total. The van der Waals surface area contributed by atoms with E-state index in [0.29, 0.717) is 9.92 Å². The molecular weight excluding hydrogens is 270 g/mol. The summed E-state index contributed by atoms with van der Waals surface area (Å²) in [5, 5.41) is 2.02. The molecule has 1 N–H and O–H groups in total. The first-order chi connectivity index (χ1) is 9.75. The molecule has 0 saturated heterocycles. The molecule has 1 heterocycles. The third-order valence-corrected chi connectivity index (χ3v) is 4.61. The van der Waals surface area contributed by atoms with Crippen LogP contribution in [-0.2, 0) is 0 Å². The Morgan fingerprint density at radius 2 is 1.50 bits per heavy atom. The quantitative estimate of drug-likeness (QED) is 0.503. The number of aromatic amines is 1. The molecule has 4 rings (SSSR count). The summed E-state index contributed by atoms with van der Waals surface area (Å²) in [6.07, 6.45) is 0. The second kappa shape index (κ2) is 4.02. The average molecular weight is 279 g/mol. The van der Waals surface area contributed by atoms with Crippen molar-refractivity contribution in [1.29, 1.82) is 0 Å². The summed E-state index contributed by atoms with van der Waals surface area (Å²) in [7, 11) is 0. The molecule has 0 amide bonds. The molecule has 0 saturated carbocycles. The molecular formula is C16H9NO2S. The maximum Gasteiger partial charge on any atom is 0.245 e. The zero-order valence-corrected chi connectivity index (χ0v) is 11.2. The molecule has 1 aliphatic heterocycles. The van der Waals surface area contributed by atoms with E-state index in [1.807, 2.05) is 36.4 Å². The highest BCUT2D eigenvalue weighted by Crippen LogP contribution is 2.19. The lowest BCUT2D eigenvalue weighted by atomic mass is 10.1. The van der Waals surface area contributed by atoms with Crippen molar-refractivity contribution in [2.45, 2.75) is 0 Å². The Labute approximate surface area is 116 Å². The highest BCUT2D eigenvalue weighted by Gasteiger charge is 2.09. The average Bonchev–Trinajstić information content (AvgIpc) is 2.51. The Hall–Kier alpha value is -2.46. The number of benzene rings is 2. The van der Waals surface area contributed by atoms with Crippen molar-refractivity contribution >= 4 is 32.3 Å². The SMILES string of the molecule is O=c1c2sc3ccccc3[nH]c=2c2ccccc2c1=O. The molecule has 0 fully saturated rings. The normalized spacial score (nSPS) is 11.4. The van der Waals surface area contributed by atoms with Gasteiger partial charge in [-0.25, -0.2) is 0 Å². The van der Waals surface area contributed by atoms with Crippen LogP contribution in [0.25, 0.3) is 21.0 Å². The highest BCUT2D eigenvalue weighted by molar-refractivity contribution is 7.16. The van der Waals surface area contributed by atoms with E-state index in [1.54, 1.807) is 12.1 Å². The number of rotatable bonds is 0. The lowest BCUT2D eigenvalue weighted by Gasteiger charge is -2.02. The van der Waals surface area contributed by atoms with Gasteiger partial charge in [0, 0.05) is 10.8 Å². The predicted octanol–water partition coefficient (Wildman–Crippen LogP) is 2.83. The van der Waals surface area contributed by atoms with Crippen LogP contribution in [0.3, 0.4) is 0 Å². The van der Waals surface area contributed by atoms with E-state index in [2.05, 4.69) is 4.98 Å². The van der Waals surface area contributed by atoms with E-state index < -0.39 is 10.9 Å². The second-order valence-electron chi connectivity index (χ2n) is 4.63. The smallest absolute Gasteiger partial charge is 0.245 e. The Bertz CT molecular complexity index is 1140. The summed E-state index contributed by atoms with van der Waals surface area (Å²) < 4.78 is 1.46. The molecule has 0 aromatic heterocycles. The minimum Gasteiger partial charge on any atom is -0.353 e. The van der Waals surface area contributed by atoms with Gasteiger partial charge in [-0.2, -0.15) is 0 Å². The second-order valence-corrected chi connectivity index (χ2v) is 5.68. The van der Waals surface area contributed by atoms with Crippen molar-refractivity contribution in [1.82, 2.24) is 4.98 Å². The standard InChI is InChI=1S/C16H9NO2S/c18-14-10-6-2-1-5-9(10)13-16(15(14)19)20-12-8-4-3-7-11(12)17-13/h1-8,17H. The first kappa shape index (κ1) is 11.4.